The molecule has 0 aliphatic rings. The van der Waals surface area contributed by atoms with E-state index in [9.17, 15) is 0 Å². The van der Waals surface area contributed by atoms with Gasteiger partial charge < -0.3 is 0 Å². The first-order valence-corrected chi connectivity index (χ1v) is 43.5. The van der Waals surface area contributed by atoms with E-state index in [1.165, 1.54) is 472 Å². The SMILES string of the molecule is CCCCCCCCCCCCCCCCCCCCCCCCCc1cccc(N=C(CCCC)C(CCCCCCCCCCCCCCCCCCCCCCC)=Nc2cccc(CCCCCCCCCCCCCCCCCCCCCCCCC)c2)c1.[Ni+2]. The standard InChI is InChI=1S/C91H166N2.Ni/c1-5-9-13-16-19-22-25-28-31-34-37-40-42-45-47-50-53-56-59-62-65-68-71-76-86-78-74-80-88(84-86)92-90(82-12-8-4)91(83-73-70-67-64-61-58-55-52-49-44-39-36-33-30-27-24-21-18-15-11-7-3)93-89-81-75-79-87(85-89)77-72-69-66-63-60-57-54-51-48-46-43-41-38-35-32-29-26-23-20-17-14-10-6-2;/h74-75,78-81,84-85H,5-73,76-77,82-83H2,1-4H3;/q;+2. The van der Waals surface area contributed by atoms with Gasteiger partial charge in [-0.3, -0.25) is 9.98 Å². The van der Waals surface area contributed by atoms with Gasteiger partial charge in [0.05, 0.1) is 22.8 Å². The van der Waals surface area contributed by atoms with E-state index in [-0.39, 0.29) is 16.5 Å². The van der Waals surface area contributed by atoms with Crippen molar-refractivity contribution in [3.8, 4) is 0 Å². The van der Waals surface area contributed by atoms with Gasteiger partial charge in [-0.2, -0.15) is 0 Å². The Bertz CT molecular complexity index is 1850. The van der Waals surface area contributed by atoms with Gasteiger partial charge in [-0.25, -0.2) is 0 Å². The van der Waals surface area contributed by atoms with Crippen LogP contribution in [0.25, 0.3) is 0 Å². The van der Waals surface area contributed by atoms with Gasteiger partial charge in [-0.05, 0) is 86.8 Å². The van der Waals surface area contributed by atoms with Crippen LogP contribution in [0.2, 0.25) is 0 Å². The summed E-state index contributed by atoms with van der Waals surface area (Å²) >= 11 is 0. The Balaban J connectivity index is 0.0000442. The summed E-state index contributed by atoms with van der Waals surface area (Å²) < 4.78 is 0. The topological polar surface area (TPSA) is 24.7 Å². The molecule has 94 heavy (non-hydrogen) atoms. The molecule has 0 saturated heterocycles. The average Bonchev–Trinajstić information content (AvgIpc) is 0.940. The third kappa shape index (κ3) is 62.5. The van der Waals surface area contributed by atoms with Crippen molar-refractivity contribution in [3.05, 3.63) is 59.7 Å². The first-order valence-electron chi connectivity index (χ1n) is 43.5. The summed E-state index contributed by atoms with van der Waals surface area (Å²) in [6.07, 6.45) is 103. The van der Waals surface area contributed by atoms with Crippen LogP contribution in [0, 0.1) is 0 Å². The summed E-state index contributed by atoms with van der Waals surface area (Å²) in [5.74, 6) is 0. The predicted molar refractivity (Wildman–Crippen MR) is 425 cm³/mol. The monoisotopic (exact) mass is 1350 g/mol. The smallest absolute Gasteiger partial charge is 0.252 e. The second kappa shape index (κ2) is 75.5. The van der Waals surface area contributed by atoms with Gasteiger partial charge in [0.15, 0.2) is 0 Å². The van der Waals surface area contributed by atoms with Crippen LogP contribution in [0.4, 0.5) is 11.4 Å². The fourth-order valence-electron chi connectivity index (χ4n) is 14.7. The molecule has 0 unspecified atom stereocenters. The number of benzene rings is 2. The molecule has 2 aromatic rings. The van der Waals surface area contributed by atoms with E-state index in [1.807, 2.05) is 0 Å². The first-order chi connectivity index (χ1) is 46.2. The van der Waals surface area contributed by atoms with E-state index < -0.39 is 0 Å². The maximum Gasteiger partial charge on any atom is 2.00 e. The summed E-state index contributed by atoms with van der Waals surface area (Å²) in [5, 5.41) is 0. The van der Waals surface area contributed by atoms with Crippen molar-refractivity contribution in [2.24, 2.45) is 9.98 Å². The molecule has 2 rings (SSSR count). The number of rotatable bonds is 76. The molecule has 0 aromatic heterocycles. The van der Waals surface area contributed by atoms with Crippen molar-refractivity contribution < 1.29 is 16.5 Å². The summed E-state index contributed by atoms with van der Waals surface area (Å²) in [6.45, 7) is 9.29. The quantitative estimate of drug-likeness (QED) is 0.0358. The van der Waals surface area contributed by atoms with Crippen LogP contribution in [-0.4, -0.2) is 11.4 Å². The second-order valence-corrected chi connectivity index (χ2v) is 30.4. The van der Waals surface area contributed by atoms with E-state index in [0.717, 1.165) is 30.6 Å². The molecule has 0 radical (unpaired) electrons. The number of unbranched alkanes of at least 4 members (excludes halogenated alkanes) is 65. The Kier molecular flexibility index (Phi) is 72.5. The van der Waals surface area contributed by atoms with E-state index in [0.29, 0.717) is 0 Å². The Morgan fingerprint density at radius 2 is 0.372 bits per heavy atom. The molecule has 0 spiro atoms. The number of hydrogen-bond donors (Lipinski definition) is 0. The molecule has 0 saturated carbocycles. The summed E-state index contributed by atoms with van der Waals surface area (Å²) in [5.41, 5.74) is 7.67. The molecule has 0 fully saturated rings. The zero-order valence-corrected chi connectivity index (χ0v) is 65.4. The van der Waals surface area contributed by atoms with Gasteiger partial charge in [0, 0.05) is 0 Å². The number of nitrogens with zero attached hydrogens (tertiary/aromatic N) is 2. The third-order valence-corrected chi connectivity index (χ3v) is 21.1. The fourth-order valence-corrected chi connectivity index (χ4v) is 14.7. The van der Waals surface area contributed by atoms with Crippen molar-refractivity contribution in [1.29, 1.82) is 0 Å². The van der Waals surface area contributed by atoms with Gasteiger partial charge in [0.25, 0.3) is 0 Å². The fraction of sp³-hybridized carbons (Fsp3) is 0.846. The number of aryl methyl sites for hydroxylation is 2. The van der Waals surface area contributed by atoms with Crippen molar-refractivity contribution in [3.63, 3.8) is 0 Å². The van der Waals surface area contributed by atoms with Crippen LogP contribution >= 0.6 is 0 Å². The number of aliphatic imine (C=N–C) groups is 2. The largest absolute Gasteiger partial charge is 2.00 e. The van der Waals surface area contributed by atoms with Crippen LogP contribution in [0.5, 0.6) is 0 Å². The minimum atomic E-state index is 0. The summed E-state index contributed by atoms with van der Waals surface area (Å²) in [7, 11) is 0. The molecule has 0 amide bonds. The third-order valence-electron chi connectivity index (χ3n) is 21.1. The normalized spacial score (nSPS) is 12.0. The molecular formula is C91H166N2Ni+2. The molecule has 0 aliphatic heterocycles. The molecule has 2 nitrogen and oxygen atoms in total. The minimum Gasteiger partial charge on any atom is -0.252 e. The van der Waals surface area contributed by atoms with Gasteiger partial charge in [-0.1, -0.05) is 469 Å². The average molecular weight is 1350 g/mol. The van der Waals surface area contributed by atoms with Crippen molar-refractivity contribution in [2.45, 2.75) is 496 Å². The summed E-state index contributed by atoms with van der Waals surface area (Å²) in [4.78, 5) is 11.1. The van der Waals surface area contributed by atoms with Gasteiger partial charge in [-0.15, -0.1) is 0 Å². The second-order valence-electron chi connectivity index (χ2n) is 30.4. The van der Waals surface area contributed by atoms with Crippen LogP contribution in [0.15, 0.2) is 58.5 Å². The summed E-state index contributed by atoms with van der Waals surface area (Å²) in [6, 6.07) is 18.6. The Labute approximate surface area is 601 Å². The van der Waals surface area contributed by atoms with Crippen LogP contribution < -0.4 is 0 Å². The van der Waals surface area contributed by atoms with Gasteiger partial charge in [0.2, 0.25) is 0 Å². The molecule has 0 bridgehead atoms. The van der Waals surface area contributed by atoms with E-state index in [1.54, 1.807) is 0 Å². The molecule has 0 atom stereocenters. The zero-order chi connectivity index (χ0) is 66.2. The van der Waals surface area contributed by atoms with Crippen molar-refractivity contribution >= 4 is 22.8 Å². The van der Waals surface area contributed by atoms with Crippen LogP contribution in [-0.2, 0) is 29.3 Å². The number of hydrogen-bond acceptors (Lipinski definition) is 2. The molecule has 0 heterocycles. The molecular weight excluding hydrogens is 1180 g/mol. The van der Waals surface area contributed by atoms with E-state index in [2.05, 4.69) is 76.2 Å². The van der Waals surface area contributed by atoms with Crippen molar-refractivity contribution in [1.82, 2.24) is 0 Å². The van der Waals surface area contributed by atoms with E-state index in [4.69, 9.17) is 9.98 Å². The maximum absolute atomic E-state index is 5.58. The first kappa shape index (κ1) is 90.3. The van der Waals surface area contributed by atoms with Crippen LogP contribution in [0.3, 0.4) is 0 Å². The van der Waals surface area contributed by atoms with E-state index >= 15 is 0 Å². The predicted octanol–water partition coefficient (Wildman–Crippen LogP) is 33.4. The molecule has 2 aromatic carbocycles. The Morgan fingerprint density at radius 1 is 0.202 bits per heavy atom. The minimum absolute atomic E-state index is 0. The molecule has 0 N–H and O–H groups in total. The zero-order valence-electron chi connectivity index (χ0n) is 64.4. The molecule has 0 aliphatic carbocycles. The van der Waals surface area contributed by atoms with Crippen molar-refractivity contribution in [2.75, 3.05) is 0 Å². The van der Waals surface area contributed by atoms with Gasteiger partial charge >= 0.3 is 16.5 Å². The Hall–Kier alpha value is -1.73. The van der Waals surface area contributed by atoms with Crippen LogP contribution in [0.1, 0.15) is 495 Å². The Morgan fingerprint density at radius 3 is 0.574 bits per heavy atom. The molecule has 548 valence electrons. The molecule has 3 heteroatoms. The van der Waals surface area contributed by atoms with Gasteiger partial charge in [0.1, 0.15) is 0 Å². The maximum atomic E-state index is 5.58.